The molecule has 2 aromatic heterocycles. The van der Waals surface area contributed by atoms with Gasteiger partial charge < -0.3 is 10.2 Å². The highest BCUT2D eigenvalue weighted by molar-refractivity contribution is 5.52. The van der Waals surface area contributed by atoms with Gasteiger partial charge in [-0.2, -0.15) is 0 Å². The van der Waals surface area contributed by atoms with Gasteiger partial charge in [0.1, 0.15) is 11.5 Å². The lowest BCUT2D eigenvalue weighted by molar-refractivity contribution is 0.547. The Morgan fingerprint density at radius 3 is 3.11 bits per heavy atom. The van der Waals surface area contributed by atoms with E-state index in [1.54, 1.807) is 0 Å². The predicted octanol–water partition coefficient (Wildman–Crippen LogP) is 2.30. The first-order chi connectivity index (χ1) is 9.25. The third kappa shape index (κ3) is 2.45. The van der Waals surface area contributed by atoms with Crippen LogP contribution in [0.3, 0.4) is 0 Å². The number of imidazole rings is 1. The number of fused-ring (bicyclic) bond motifs is 1. The van der Waals surface area contributed by atoms with Crippen LogP contribution in [-0.2, 0) is 0 Å². The van der Waals surface area contributed by atoms with Gasteiger partial charge in [-0.05, 0) is 45.4 Å². The summed E-state index contributed by atoms with van der Waals surface area (Å²) in [4.78, 5) is 6.84. The van der Waals surface area contributed by atoms with Crippen LogP contribution in [0.25, 0.3) is 5.65 Å². The number of nitrogens with zero attached hydrogens (tertiary/aromatic N) is 3. The molecule has 1 aliphatic heterocycles. The summed E-state index contributed by atoms with van der Waals surface area (Å²) >= 11 is 0. The van der Waals surface area contributed by atoms with E-state index in [0.717, 1.165) is 18.7 Å². The van der Waals surface area contributed by atoms with Gasteiger partial charge in [0, 0.05) is 31.0 Å². The van der Waals surface area contributed by atoms with Crippen LogP contribution < -0.4 is 10.2 Å². The fourth-order valence-electron chi connectivity index (χ4n) is 2.89. The van der Waals surface area contributed by atoms with Gasteiger partial charge in [0.2, 0.25) is 0 Å². The van der Waals surface area contributed by atoms with Crippen molar-refractivity contribution in [3.8, 4) is 0 Å². The van der Waals surface area contributed by atoms with Gasteiger partial charge in [0.05, 0.1) is 0 Å². The lowest BCUT2D eigenvalue weighted by Crippen LogP contribution is -2.42. The summed E-state index contributed by atoms with van der Waals surface area (Å²) in [6.07, 6.45) is 6.49. The predicted molar refractivity (Wildman–Crippen MR) is 78.7 cm³/mol. The van der Waals surface area contributed by atoms with Crippen molar-refractivity contribution in [2.75, 3.05) is 18.0 Å². The van der Waals surface area contributed by atoms with Gasteiger partial charge in [-0.1, -0.05) is 6.07 Å². The van der Waals surface area contributed by atoms with E-state index in [-0.39, 0.29) is 0 Å². The molecule has 102 valence electrons. The Labute approximate surface area is 114 Å². The van der Waals surface area contributed by atoms with Crippen LogP contribution in [0.1, 0.15) is 26.7 Å². The molecule has 4 heteroatoms. The van der Waals surface area contributed by atoms with E-state index >= 15 is 0 Å². The molecule has 0 aliphatic carbocycles. The Hall–Kier alpha value is -1.55. The summed E-state index contributed by atoms with van der Waals surface area (Å²) in [7, 11) is 0. The average Bonchev–Trinajstić information content (AvgIpc) is 3.06. The molecule has 1 N–H and O–H groups in total. The van der Waals surface area contributed by atoms with Crippen LogP contribution in [0.5, 0.6) is 0 Å². The quantitative estimate of drug-likeness (QED) is 0.913. The van der Waals surface area contributed by atoms with Crippen LogP contribution in [-0.4, -0.2) is 34.6 Å². The van der Waals surface area contributed by atoms with Crippen molar-refractivity contribution in [3.05, 3.63) is 30.6 Å². The minimum atomic E-state index is 0.482. The van der Waals surface area contributed by atoms with Crippen LogP contribution in [0.4, 0.5) is 5.82 Å². The number of nitrogens with one attached hydrogen (secondary N) is 1. The Kier molecular flexibility index (Phi) is 3.42. The fourth-order valence-corrected chi connectivity index (χ4v) is 2.89. The average molecular weight is 258 g/mol. The van der Waals surface area contributed by atoms with Crippen molar-refractivity contribution in [3.63, 3.8) is 0 Å². The zero-order valence-corrected chi connectivity index (χ0v) is 11.7. The molecule has 1 unspecified atom stereocenters. The maximum absolute atomic E-state index is 4.37. The van der Waals surface area contributed by atoms with Crippen molar-refractivity contribution in [1.82, 2.24) is 14.7 Å². The molecular weight excluding hydrogens is 236 g/mol. The van der Waals surface area contributed by atoms with Crippen LogP contribution in [0.2, 0.25) is 0 Å². The van der Waals surface area contributed by atoms with Gasteiger partial charge in [0.25, 0.3) is 0 Å². The topological polar surface area (TPSA) is 32.6 Å². The van der Waals surface area contributed by atoms with Crippen LogP contribution >= 0.6 is 0 Å². The van der Waals surface area contributed by atoms with E-state index in [1.165, 1.54) is 18.7 Å². The van der Waals surface area contributed by atoms with E-state index in [9.17, 15) is 0 Å². The Bertz CT molecular complexity index is 540. The molecule has 0 amide bonds. The molecule has 4 nitrogen and oxygen atoms in total. The summed E-state index contributed by atoms with van der Waals surface area (Å²) in [5.74, 6) is 1.23. The highest BCUT2D eigenvalue weighted by atomic mass is 15.3. The molecule has 1 fully saturated rings. The maximum Gasteiger partial charge on any atom is 0.138 e. The third-order valence-corrected chi connectivity index (χ3v) is 3.90. The van der Waals surface area contributed by atoms with Crippen LogP contribution in [0, 0.1) is 0 Å². The first-order valence-electron chi connectivity index (χ1n) is 7.18. The normalized spacial score (nSPS) is 19.4. The standard InChI is InChI=1S/C15H22N4/c1-12(2)19(11-13-5-4-8-16-13)15-7-3-6-14-17-9-10-18(14)15/h3,6-7,9-10,12-13,16H,4-5,8,11H2,1-2H3. The van der Waals surface area contributed by atoms with Gasteiger partial charge in [-0.25, -0.2) is 4.98 Å². The molecule has 0 aromatic carbocycles. The molecule has 19 heavy (non-hydrogen) atoms. The number of rotatable bonds is 4. The summed E-state index contributed by atoms with van der Waals surface area (Å²) in [6, 6.07) is 7.42. The molecule has 3 heterocycles. The summed E-state index contributed by atoms with van der Waals surface area (Å²) in [5.41, 5.74) is 1.02. The number of hydrogen-bond acceptors (Lipinski definition) is 3. The zero-order chi connectivity index (χ0) is 13.2. The smallest absolute Gasteiger partial charge is 0.138 e. The van der Waals surface area contributed by atoms with Crippen molar-refractivity contribution >= 4 is 11.5 Å². The molecule has 1 aliphatic rings. The second kappa shape index (κ2) is 5.21. The molecule has 1 atom stereocenters. The monoisotopic (exact) mass is 258 g/mol. The minimum absolute atomic E-state index is 0.482. The summed E-state index contributed by atoms with van der Waals surface area (Å²) in [5, 5.41) is 3.59. The summed E-state index contributed by atoms with van der Waals surface area (Å²) in [6.45, 7) is 6.73. The third-order valence-electron chi connectivity index (χ3n) is 3.90. The second-order valence-corrected chi connectivity index (χ2v) is 5.58. The van der Waals surface area contributed by atoms with Gasteiger partial charge in [-0.15, -0.1) is 0 Å². The molecular formula is C15H22N4. The first kappa shape index (κ1) is 12.5. The van der Waals surface area contributed by atoms with Crippen molar-refractivity contribution in [2.45, 2.75) is 38.8 Å². The highest BCUT2D eigenvalue weighted by Gasteiger charge is 2.21. The minimum Gasteiger partial charge on any atom is -0.354 e. The first-order valence-corrected chi connectivity index (χ1v) is 7.18. The molecule has 0 saturated carbocycles. The highest BCUT2D eigenvalue weighted by Crippen LogP contribution is 2.20. The fraction of sp³-hybridized carbons (Fsp3) is 0.533. The number of pyridine rings is 1. The molecule has 0 bridgehead atoms. The van der Waals surface area contributed by atoms with Gasteiger partial charge in [0.15, 0.2) is 0 Å². The molecule has 3 rings (SSSR count). The molecule has 0 spiro atoms. The van der Waals surface area contributed by atoms with E-state index in [2.05, 4.69) is 51.6 Å². The van der Waals surface area contributed by atoms with E-state index in [1.807, 2.05) is 12.4 Å². The second-order valence-electron chi connectivity index (χ2n) is 5.58. The van der Waals surface area contributed by atoms with E-state index in [0.29, 0.717) is 12.1 Å². The molecule has 2 aromatic rings. The number of anilines is 1. The van der Waals surface area contributed by atoms with Crippen LogP contribution in [0.15, 0.2) is 30.6 Å². The number of hydrogen-bond donors (Lipinski definition) is 1. The zero-order valence-electron chi connectivity index (χ0n) is 11.7. The Balaban J connectivity index is 1.92. The van der Waals surface area contributed by atoms with Crippen molar-refractivity contribution < 1.29 is 0 Å². The molecule has 1 saturated heterocycles. The lowest BCUT2D eigenvalue weighted by Gasteiger charge is -2.32. The van der Waals surface area contributed by atoms with Gasteiger partial charge in [-0.3, -0.25) is 4.40 Å². The SMILES string of the molecule is CC(C)N(CC1CCCN1)c1cccc2nccn12. The van der Waals surface area contributed by atoms with Crippen molar-refractivity contribution in [2.24, 2.45) is 0 Å². The largest absolute Gasteiger partial charge is 0.354 e. The Morgan fingerprint density at radius 2 is 2.37 bits per heavy atom. The Morgan fingerprint density at radius 1 is 1.47 bits per heavy atom. The molecule has 0 radical (unpaired) electrons. The van der Waals surface area contributed by atoms with Crippen molar-refractivity contribution in [1.29, 1.82) is 0 Å². The van der Waals surface area contributed by atoms with Gasteiger partial charge >= 0.3 is 0 Å². The van der Waals surface area contributed by atoms with E-state index in [4.69, 9.17) is 0 Å². The lowest BCUT2D eigenvalue weighted by atomic mass is 10.2. The maximum atomic E-state index is 4.37. The van der Waals surface area contributed by atoms with E-state index < -0.39 is 0 Å². The summed E-state index contributed by atoms with van der Waals surface area (Å²) < 4.78 is 2.18. The number of aromatic nitrogens is 2.